The Labute approximate surface area is 159 Å². The predicted molar refractivity (Wildman–Crippen MR) is 113 cm³/mol. The average molecular weight is 368 g/mol. The van der Waals surface area contributed by atoms with Crippen LogP contribution in [0.4, 0.5) is 0 Å². The van der Waals surface area contributed by atoms with Crippen molar-refractivity contribution in [2.75, 3.05) is 6.61 Å². The van der Waals surface area contributed by atoms with Crippen molar-refractivity contribution in [2.45, 2.75) is 123 Å². The molecule has 0 fully saturated rings. The van der Waals surface area contributed by atoms with E-state index < -0.39 is 8.32 Å². The van der Waals surface area contributed by atoms with Gasteiger partial charge in [-0.2, -0.15) is 5.26 Å². The molecule has 0 aromatic carbocycles. The van der Waals surface area contributed by atoms with Gasteiger partial charge in [0.2, 0.25) is 0 Å². The van der Waals surface area contributed by atoms with Gasteiger partial charge in [-0.25, -0.2) is 0 Å². The van der Waals surface area contributed by atoms with Gasteiger partial charge in [0.05, 0.1) is 6.07 Å². The first-order valence-corrected chi connectivity index (χ1v) is 13.6. The molecule has 0 rings (SSSR count). The van der Waals surface area contributed by atoms with Gasteiger partial charge in [-0.05, 0) is 37.9 Å². The molecule has 0 N–H and O–H groups in total. The Balaban J connectivity index is 3.29. The first-order chi connectivity index (χ1) is 11.7. The Kier molecular flexibility index (Phi) is 13.6. The summed E-state index contributed by atoms with van der Waals surface area (Å²) in [6.45, 7) is 14.6. The summed E-state index contributed by atoms with van der Waals surface area (Å²) in [5, 5.41) is 9.07. The number of rotatable bonds is 15. The van der Waals surface area contributed by atoms with Crippen LogP contribution in [0.2, 0.25) is 18.1 Å². The minimum absolute atomic E-state index is 0.243. The fourth-order valence-electron chi connectivity index (χ4n) is 2.75. The molecule has 0 aromatic heterocycles. The Morgan fingerprint density at radius 1 is 0.800 bits per heavy atom. The molecule has 2 nitrogen and oxygen atoms in total. The lowest BCUT2D eigenvalue weighted by Crippen LogP contribution is -2.40. The van der Waals surface area contributed by atoms with Crippen LogP contribution >= 0.6 is 0 Å². The maximum absolute atomic E-state index is 8.74. The van der Waals surface area contributed by atoms with E-state index in [1.807, 2.05) is 6.92 Å². The third-order valence-corrected chi connectivity index (χ3v) is 10.3. The fourth-order valence-corrected chi connectivity index (χ4v) is 3.84. The molecule has 0 spiro atoms. The standard InChI is InChI=1S/C22H45NOSi/c1-21(20-23)18-16-14-12-10-8-7-9-11-13-15-17-19-24-25(5,6)22(2,3)4/h21H,7-19H2,1-6H3. The summed E-state index contributed by atoms with van der Waals surface area (Å²) in [6, 6.07) is 2.32. The Hall–Kier alpha value is -0.333. The van der Waals surface area contributed by atoms with E-state index in [9.17, 15) is 0 Å². The van der Waals surface area contributed by atoms with Gasteiger partial charge in [-0.15, -0.1) is 0 Å². The van der Waals surface area contributed by atoms with Crippen molar-refractivity contribution in [3.05, 3.63) is 0 Å². The van der Waals surface area contributed by atoms with Gasteiger partial charge in [0, 0.05) is 12.5 Å². The molecule has 0 aliphatic rings. The molecule has 0 aliphatic heterocycles. The molecular formula is C22H45NOSi. The number of hydrogen-bond donors (Lipinski definition) is 0. The summed E-state index contributed by atoms with van der Waals surface area (Å²) in [7, 11) is -1.53. The van der Waals surface area contributed by atoms with Gasteiger partial charge in [-0.1, -0.05) is 85.0 Å². The average Bonchev–Trinajstić information content (AvgIpc) is 2.53. The van der Waals surface area contributed by atoms with E-state index in [-0.39, 0.29) is 5.92 Å². The summed E-state index contributed by atoms with van der Waals surface area (Å²) in [5.41, 5.74) is 0. The monoisotopic (exact) mass is 367 g/mol. The minimum Gasteiger partial charge on any atom is -0.417 e. The molecule has 1 unspecified atom stereocenters. The summed E-state index contributed by atoms with van der Waals surface area (Å²) in [6.07, 6.45) is 15.8. The third kappa shape index (κ3) is 13.5. The maximum Gasteiger partial charge on any atom is 0.191 e. The molecule has 0 aliphatic carbocycles. The maximum atomic E-state index is 8.74. The lowest BCUT2D eigenvalue weighted by atomic mass is 10.0. The lowest BCUT2D eigenvalue weighted by molar-refractivity contribution is 0.277. The van der Waals surface area contributed by atoms with Crippen LogP contribution in [0.15, 0.2) is 0 Å². The second-order valence-electron chi connectivity index (χ2n) is 9.32. The number of nitriles is 1. The molecule has 0 saturated carbocycles. The molecule has 25 heavy (non-hydrogen) atoms. The summed E-state index contributed by atoms with van der Waals surface area (Å²) in [4.78, 5) is 0. The van der Waals surface area contributed by atoms with Crippen LogP contribution in [0.1, 0.15) is 105 Å². The van der Waals surface area contributed by atoms with Crippen molar-refractivity contribution < 1.29 is 4.43 Å². The fraction of sp³-hybridized carbons (Fsp3) is 0.955. The zero-order valence-electron chi connectivity index (χ0n) is 18.1. The van der Waals surface area contributed by atoms with E-state index in [0.29, 0.717) is 5.04 Å². The first kappa shape index (κ1) is 24.7. The van der Waals surface area contributed by atoms with Crippen LogP contribution in [0.25, 0.3) is 0 Å². The summed E-state index contributed by atoms with van der Waals surface area (Å²) in [5.74, 6) is 0.243. The molecule has 0 radical (unpaired) electrons. The molecule has 0 bridgehead atoms. The Bertz CT molecular complexity index is 354. The molecule has 3 heteroatoms. The van der Waals surface area contributed by atoms with Crippen molar-refractivity contribution >= 4 is 8.32 Å². The van der Waals surface area contributed by atoms with Crippen LogP contribution in [0.5, 0.6) is 0 Å². The van der Waals surface area contributed by atoms with E-state index in [4.69, 9.17) is 9.69 Å². The van der Waals surface area contributed by atoms with Gasteiger partial charge < -0.3 is 4.43 Å². The van der Waals surface area contributed by atoms with Crippen molar-refractivity contribution in [3.63, 3.8) is 0 Å². The van der Waals surface area contributed by atoms with Crippen LogP contribution < -0.4 is 0 Å². The molecule has 148 valence electrons. The highest BCUT2D eigenvalue weighted by Crippen LogP contribution is 2.36. The SMILES string of the molecule is CC(C#N)CCCCCCCCCCCCCO[Si](C)(C)C(C)(C)C. The smallest absolute Gasteiger partial charge is 0.191 e. The van der Waals surface area contributed by atoms with E-state index in [0.717, 1.165) is 13.0 Å². The van der Waals surface area contributed by atoms with Crippen molar-refractivity contribution in [2.24, 2.45) is 5.92 Å². The molecule has 0 amide bonds. The van der Waals surface area contributed by atoms with E-state index in [2.05, 4.69) is 39.9 Å². The summed E-state index contributed by atoms with van der Waals surface area (Å²) >= 11 is 0. The minimum atomic E-state index is -1.53. The van der Waals surface area contributed by atoms with Crippen molar-refractivity contribution in [1.29, 1.82) is 5.26 Å². The van der Waals surface area contributed by atoms with Crippen LogP contribution in [-0.4, -0.2) is 14.9 Å². The van der Waals surface area contributed by atoms with Gasteiger partial charge in [0.15, 0.2) is 8.32 Å². The number of nitrogens with zero attached hydrogens (tertiary/aromatic N) is 1. The molecule has 0 saturated heterocycles. The predicted octanol–water partition coefficient (Wildman–Crippen LogP) is 7.85. The zero-order chi connectivity index (χ0) is 19.2. The van der Waals surface area contributed by atoms with Crippen molar-refractivity contribution in [3.8, 4) is 6.07 Å². The van der Waals surface area contributed by atoms with Gasteiger partial charge in [0.1, 0.15) is 0 Å². The lowest BCUT2D eigenvalue weighted by Gasteiger charge is -2.36. The van der Waals surface area contributed by atoms with Gasteiger partial charge in [0.25, 0.3) is 0 Å². The molecule has 1 atom stereocenters. The highest BCUT2D eigenvalue weighted by Gasteiger charge is 2.36. The highest BCUT2D eigenvalue weighted by molar-refractivity contribution is 6.74. The van der Waals surface area contributed by atoms with Crippen LogP contribution in [-0.2, 0) is 4.43 Å². The molecule has 0 aromatic rings. The first-order valence-electron chi connectivity index (χ1n) is 10.7. The van der Waals surface area contributed by atoms with E-state index in [1.54, 1.807) is 0 Å². The summed E-state index contributed by atoms with van der Waals surface area (Å²) < 4.78 is 6.23. The Morgan fingerprint density at radius 2 is 1.20 bits per heavy atom. The molecule has 0 heterocycles. The third-order valence-electron chi connectivity index (χ3n) is 5.77. The number of hydrogen-bond acceptors (Lipinski definition) is 2. The van der Waals surface area contributed by atoms with E-state index in [1.165, 1.54) is 70.6 Å². The van der Waals surface area contributed by atoms with Gasteiger partial charge in [-0.3, -0.25) is 0 Å². The second kappa shape index (κ2) is 13.8. The largest absolute Gasteiger partial charge is 0.417 e. The highest BCUT2D eigenvalue weighted by atomic mass is 28.4. The molecular weight excluding hydrogens is 322 g/mol. The van der Waals surface area contributed by atoms with Crippen molar-refractivity contribution in [1.82, 2.24) is 0 Å². The van der Waals surface area contributed by atoms with Crippen LogP contribution in [0.3, 0.4) is 0 Å². The van der Waals surface area contributed by atoms with E-state index >= 15 is 0 Å². The quantitative estimate of drug-likeness (QED) is 0.218. The second-order valence-corrected chi connectivity index (χ2v) is 14.1. The van der Waals surface area contributed by atoms with Crippen LogP contribution in [0, 0.1) is 17.2 Å². The number of unbranched alkanes of at least 4 members (excludes halogenated alkanes) is 10. The zero-order valence-corrected chi connectivity index (χ0v) is 19.1. The Morgan fingerprint density at radius 3 is 1.60 bits per heavy atom. The van der Waals surface area contributed by atoms with Gasteiger partial charge >= 0.3 is 0 Å². The normalized spacial score (nSPS) is 13.6. The topological polar surface area (TPSA) is 33.0 Å².